The first-order valence-corrected chi connectivity index (χ1v) is 5.23. The summed E-state index contributed by atoms with van der Waals surface area (Å²) in [4.78, 5) is 10.9. The molecule has 0 heterocycles. The van der Waals surface area contributed by atoms with Crippen molar-refractivity contribution in [3.05, 3.63) is 27.2 Å². The molecule has 4 heteroatoms. The Morgan fingerprint density at radius 2 is 2.21 bits per heavy atom. The van der Waals surface area contributed by atoms with Crippen molar-refractivity contribution >= 4 is 33.3 Å². The summed E-state index contributed by atoms with van der Waals surface area (Å²) in [5.74, 6) is 0.654. The molecule has 1 aromatic carbocycles. The molecule has 0 saturated heterocycles. The van der Waals surface area contributed by atoms with E-state index >= 15 is 0 Å². The van der Waals surface area contributed by atoms with E-state index in [4.69, 9.17) is 16.3 Å². The van der Waals surface area contributed by atoms with Crippen molar-refractivity contribution in [3.63, 3.8) is 0 Å². The van der Waals surface area contributed by atoms with Gasteiger partial charge in [-0.25, -0.2) is 0 Å². The van der Waals surface area contributed by atoms with Gasteiger partial charge in [0.2, 0.25) is 0 Å². The molecule has 76 valence electrons. The largest absolute Gasteiger partial charge is 0.494 e. The first-order chi connectivity index (χ1) is 6.56. The minimum atomic E-state index is 0.0799. The summed E-state index contributed by atoms with van der Waals surface area (Å²) < 4.78 is 5.90. The third-order valence-corrected chi connectivity index (χ3v) is 2.81. The maximum absolute atomic E-state index is 10.9. The zero-order chi connectivity index (χ0) is 10.7. The second-order valence-electron chi connectivity index (χ2n) is 2.93. The highest BCUT2D eigenvalue weighted by molar-refractivity contribution is 9.10. The summed E-state index contributed by atoms with van der Waals surface area (Å²) in [5, 5.41) is 0.497. The minimum Gasteiger partial charge on any atom is -0.494 e. The Morgan fingerprint density at radius 3 is 2.71 bits per heavy atom. The van der Waals surface area contributed by atoms with Gasteiger partial charge < -0.3 is 4.74 Å². The number of methoxy groups -OCH3 is 1. The second kappa shape index (κ2) is 4.80. The number of benzene rings is 1. The quantitative estimate of drug-likeness (QED) is 0.848. The summed E-state index contributed by atoms with van der Waals surface area (Å²) in [5.41, 5.74) is 0.791. The Balaban J connectivity index is 3.14. The number of hydrogen-bond acceptors (Lipinski definition) is 2. The molecule has 1 rings (SSSR count). The molecule has 0 N–H and O–H groups in total. The number of carbonyl (C=O) groups is 1. The maximum Gasteiger partial charge on any atom is 0.151 e. The fourth-order valence-electron chi connectivity index (χ4n) is 1.17. The molecule has 2 nitrogen and oxygen atoms in total. The van der Waals surface area contributed by atoms with Gasteiger partial charge in [-0.1, -0.05) is 17.7 Å². The fourth-order valence-corrected chi connectivity index (χ4v) is 2.08. The van der Waals surface area contributed by atoms with Crippen LogP contribution >= 0.6 is 27.5 Å². The van der Waals surface area contributed by atoms with E-state index in [1.807, 2.05) is 12.1 Å². The first kappa shape index (κ1) is 11.5. The Bertz CT molecular complexity index is 363. The average molecular weight is 278 g/mol. The standard InChI is InChI=1S/C10H10BrClO2/c1-6(13)5-7-3-4-8(11)10(14-2)9(7)12/h3-4H,5H2,1-2H3. The third-order valence-electron chi connectivity index (χ3n) is 1.77. The maximum atomic E-state index is 10.9. The van der Waals surface area contributed by atoms with Gasteiger partial charge in [0.25, 0.3) is 0 Å². The molecule has 14 heavy (non-hydrogen) atoms. The molecule has 1 aromatic rings. The van der Waals surface area contributed by atoms with E-state index in [9.17, 15) is 4.79 Å². The molecule has 0 fully saturated rings. The highest BCUT2D eigenvalue weighted by atomic mass is 79.9. The molecule has 0 spiro atoms. The summed E-state index contributed by atoms with van der Waals surface area (Å²) >= 11 is 9.36. The van der Waals surface area contributed by atoms with E-state index in [1.54, 1.807) is 7.11 Å². The van der Waals surface area contributed by atoms with Gasteiger partial charge in [0.05, 0.1) is 16.6 Å². The van der Waals surface area contributed by atoms with E-state index < -0.39 is 0 Å². The van der Waals surface area contributed by atoms with Crippen LogP contribution in [0.1, 0.15) is 12.5 Å². The topological polar surface area (TPSA) is 26.3 Å². The van der Waals surface area contributed by atoms with Crippen LogP contribution in [0.4, 0.5) is 0 Å². The van der Waals surface area contributed by atoms with E-state index in [0.29, 0.717) is 17.2 Å². The van der Waals surface area contributed by atoms with Gasteiger partial charge in [0.15, 0.2) is 5.75 Å². The normalized spacial score (nSPS) is 10.0. The molecule has 0 amide bonds. The van der Waals surface area contributed by atoms with Crippen molar-refractivity contribution in [3.8, 4) is 5.75 Å². The van der Waals surface area contributed by atoms with Gasteiger partial charge in [0, 0.05) is 6.42 Å². The lowest BCUT2D eigenvalue weighted by molar-refractivity contribution is -0.116. The number of carbonyl (C=O) groups excluding carboxylic acids is 1. The van der Waals surface area contributed by atoms with Crippen LogP contribution in [0.25, 0.3) is 0 Å². The lowest BCUT2D eigenvalue weighted by Crippen LogP contribution is -1.98. The Morgan fingerprint density at radius 1 is 1.57 bits per heavy atom. The first-order valence-electron chi connectivity index (χ1n) is 4.06. The summed E-state index contributed by atoms with van der Waals surface area (Å²) in [6.45, 7) is 1.53. The predicted molar refractivity (Wildman–Crippen MR) is 60.1 cm³/mol. The molecule has 0 saturated carbocycles. The summed E-state index contributed by atoms with van der Waals surface area (Å²) in [6, 6.07) is 3.64. The van der Waals surface area contributed by atoms with Crippen molar-refractivity contribution in [1.29, 1.82) is 0 Å². The molecular formula is C10H10BrClO2. The van der Waals surface area contributed by atoms with Crippen molar-refractivity contribution < 1.29 is 9.53 Å². The number of Topliss-reactive ketones (excluding diaryl/α,β-unsaturated/α-hetero) is 1. The second-order valence-corrected chi connectivity index (χ2v) is 4.16. The van der Waals surface area contributed by atoms with Crippen molar-refractivity contribution in [1.82, 2.24) is 0 Å². The van der Waals surface area contributed by atoms with E-state index in [1.165, 1.54) is 6.92 Å². The van der Waals surface area contributed by atoms with E-state index in [0.717, 1.165) is 10.0 Å². The lowest BCUT2D eigenvalue weighted by Gasteiger charge is -2.09. The fraction of sp³-hybridized carbons (Fsp3) is 0.300. The minimum absolute atomic E-state index is 0.0799. The van der Waals surface area contributed by atoms with Gasteiger partial charge in [0.1, 0.15) is 5.78 Å². The van der Waals surface area contributed by atoms with Crippen LogP contribution in [0.15, 0.2) is 16.6 Å². The highest BCUT2D eigenvalue weighted by Gasteiger charge is 2.11. The van der Waals surface area contributed by atoms with Crippen LogP contribution < -0.4 is 4.74 Å². The number of hydrogen-bond donors (Lipinski definition) is 0. The predicted octanol–water partition coefficient (Wildman–Crippen LogP) is 3.24. The van der Waals surface area contributed by atoms with Crippen molar-refractivity contribution in [2.24, 2.45) is 0 Å². The zero-order valence-electron chi connectivity index (χ0n) is 7.93. The molecule has 0 aliphatic rings. The lowest BCUT2D eigenvalue weighted by atomic mass is 10.1. The molecule has 0 radical (unpaired) electrons. The molecule has 0 aliphatic carbocycles. The van der Waals surface area contributed by atoms with Gasteiger partial charge in [-0.3, -0.25) is 4.79 Å². The van der Waals surface area contributed by atoms with E-state index in [-0.39, 0.29) is 5.78 Å². The van der Waals surface area contributed by atoms with Crippen molar-refractivity contribution in [2.45, 2.75) is 13.3 Å². The smallest absolute Gasteiger partial charge is 0.151 e. The van der Waals surface area contributed by atoms with E-state index in [2.05, 4.69) is 15.9 Å². The number of halogens is 2. The molecule has 0 unspecified atom stereocenters. The van der Waals surface area contributed by atoms with Gasteiger partial charge in [-0.15, -0.1) is 0 Å². The molecule has 0 aromatic heterocycles. The van der Waals surface area contributed by atoms with Crippen molar-refractivity contribution in [2.75, 3.05) is 7.11 Å². The highest BCUT2D eigenvalue weighted by Crippen LogP contribution is 2.35. The Hall–Kier alpha value is -0.540. The molecule has 0 aliphatic heterocycles. The monoisotopic (exact) mass is 276 g/mol. The van der Waals surface area contributed by atoms with Gasteiger partial charge in [-0.05, 0) is 34.5 Å². The summed E-state index contributed by atoms with van der Waals surface area (Å²) in [6.07, 6.45) is 0.336. The molecular weight excluding hydrogens is 267 g/mol. The summed E-state index contributed by atoms with van der Waals surface area (Å²) in [7, 11) is 1.55. The van der Waals surface area contributed by atoms with Crippen LogP contribution in [0.2, 0.25) is 5.02 Å². The van der Waals surface area contributed by atoms with Gasteiger partial charge in [-0.2, -0.15) is 0 Å². The number of ether oxygens (including phenoxy) is 1. The molecule has 0 bridgehead atoms. The van der Waals surface area contributed by atoms with Crippen LogP contribution in [0.5, 0.6) is 5.75 Å². The van der Waals surface area contributed by atoms with Crippen LogP contribution in [0, 0.1) is 0 Å². The zero-order valence-corrected chi connectivity index (χ0v) is 10.3. The van der Waals surface area contributed by atoms with Gasteiger partial charge >= 0.3 is 0 Å². The Labute approximate surface area is 96.3 Å². The Kier molecular flexibility index (Phi) is 3.96. The number of rotatable bonds is 3. The van der Waals surface area contributed by atoms with Crippen LogP contribution in [-0.4, -0.2) is 12.9 Å². The SMILES string of the molecule is COc1c(Br)ccc(CC(C)=O)c1Cl. The third kappa shape index (κ3) is 2.49. The molecule has 0 atom stereocenters. The van der Waals surface area contributed by atoms with Crippen LogP contribution in [-0.2, 0) is 11.2 Å². The average Bonchev–Trinajstić information content (AvgIpc) is 2.10. The number of ketones is 1. The van der Waals surface area contributed by atoms with Crippen LogP contribution in [0.3, 0.4) is 0 Å².